The smallest absolute Gasteiger partial charge is 0.308 e. The molecule has 0 amide bonds. The predicted molar refractivity (Wildman–Crippen MR) is 125 cm³/mol. The van der Waals surface area contributed by atoms with E-state index in [1.54, 1.807) is 13.8 Å². The van der Waals surface area contributed by atoms with Crippen molar-refractivity contribution in [3.8, 4) is 11.1 Å². The maximum atomic E-state index is 12.9. The van der Waals surface area contributed by atoms with Crippen LogP contribution in [0.25, 0.3) is 11.1 Å². The van der Waals surface area contributed by atoms with E-state index in [9.17, 15) is 17.5 Å². The van der Waals surface area contributed by atoms with E-state index in [1.807, 2.05) is 24.3 Å². The molecule has 172 valence electrons. The van der Waals surface area contributed by atoms with Crippen LogP contribution < -0.4 is 0 Å². The molecule has 0 heterocycles. The van der Waals surface area contributed by atoms with Crippen molar-refractivity contribution in [3.05, 3.63) is 59.7 Å². The van der Waals surface area contributed by atoms with Crippen LogP contribution in [-0.2, 0) is 36.6 Å². The molecule has 0 radical (unpaired) electrons. The summed E-state index contributed by atoms with van der Waals surface area (Å²) in [5.74, 6) is 0. The van der Waals surface area contributed by atoms with E-state index in [1.165, 1.54) is 11.1 Å². The van der Waals surface area contributed by atoms with Gasteiger partial charge in [-0.25, -0.2) is 0 Å². The number of hydrogen-bond acceptors (Lipinski definition) is 5. The van der Waals surface area contributed by atoms with Crippen LogP contribution in [0.15, 0.2) is 48.5 Å². The van der Waals surface area contributed by atoms with Gasteiger partial charge in [-0.15, -0.1) is 0 Å². The first-order valence-electron chi connectivity index (χ1n) is 10.8. The van der Waals surface area contributed by atoms with Crippen molar-refractivity contribution in [2.24, 2.45) is 0 Å². The highest BCUT2D eigenvalue weighted by Crippen LogP contribution is 2.56. The number of benzene rings is 2. The Morgan fingerprint density at radius 1 is 0.903 bits per heavy atom. The Labute approximate surface area is 186 Å². The Morgan fingerprint density at radius 3 is 2.10 bits per heavy atom. The SMILES string of the molecule is CCCc1cccc(-c2ccc(CCCC(P(=O)(OCC)OCC)S(=O)(=O)O)cc2)c1. The van der Waals surface area contributed by atoms with Gasteiger partial charge in [-0.3, -0.25) is 9.12 Å². The molecule has 1 atom stereocenters. The molecule has 0 fully saturated rings. The highest BCUT2D eigenvalue weighted by atomic mass is 32.2. The third-order valence-electron chi connectivity index (χ3n) is 4.98. The third kappa shape index (κ3) is 7.55. The summed E-state index contributed by atoms with van der Waals surface area (Å²) in [5, 5.41) is 0. The standard InChI is InChI=1S/C23H33O6PS/c1-4-9-20-11-7-12-22(18-20)21-16-14-19(15-17-21)10-8-13-23(31(25,26)27)30(24,28-5-2)29-6-3/h7,11-12,14-18,23H,4-6,8-10,13H2,1-3H3,(H,25,26,27). The molecule has 0 aliphatic rings. The molecule has 0 bridgehead atoms. The minimum absolute atomic E-state index is 0.0169. The molecule has 2 aromatic rings. The van der Waals surface area contributed by atoms with Gasteiger partial charge in [-0.2, -0.15) is 8.42 Å². The molecular weight excluding hydrogens is 435 g/mol. The van der Waals surface area contributed by atoms with Gasteiger partial charge < -0.3 is 9.05 Å². The van der Waals surface area contributed by atoms with Crippen LogP contribution in [0.3, 0.4) is 0 Å². The van der Waals surface area contributed by atoms with Crippen LogP contribution in [-0.4, -0.2) is 31.2 Å². The van der Waals surface area contributed by atoms with Crippen molar-refractivity contribution in [2.75, 3.05) is 13.2 Å². The zero-order valence-corrected chi connectivity index (χ0v) is 20.2. The topological polar surface area (TPSA) is 89.9 Å². The van der Waals surface area contributed by atoms with Crippen LogP contribution in [0.4, 0.5) is 0 Å². The highest BCUT2D eigenvalue weighted by Gasteiger charge is 2.43. The zero-order chi connectivity index (χ0) is 22.9. The summed E-state index contributed by atoms with van der Waals surface area (Å²) in [5.41, 5.74) is 4.63. The molecule has 31 heavy (non-hydrogen) atoms. The minimum Gasteiger partial charge on any atom is -0.308 e. The molecule has 1 N–H and O–H groups in total. The maximum absolute atomic E-state index is 12.9. The fraction of sp³-hybridized carbons (Fsp3) is 0.478. The molecule has 0 aliphatic carbocycles. The van der Waals surface area contributed by atoms with Gasteiger partial charge in [0.1, 0.15) is 0 Å². The van der Waals surface area contributed by atoms with E-state index in [4.69, 9.17) is 9.05 Å². The number of rotatable bonds is 13. The van der Waals surface area contributed by atoms with Crippen molar-refractivity contribution >= 4 is 17.7 Å². The quantitative estimate of drug-likeness (QED) is 0.282. The summed E-state index contributed by atoms with van der Waals surface area (Å²) in [4.78, 5) is -1.58. The van der Waals surface area contributed by atoms with Crippen molar-refractivity contribution in [3.63, 3.8) is 0 Å². The average Bonchev–Trinajstić information content (AvgIpc) is 2.71. The minimum atomic E-state index is -4.59. The summed E-state index contributed by atoms with van der Waals surface area (Å²) >= 11 is 0. The van der Waals surface area contributed by atoms with Crippen molar-refractivity contribution in [1.29, 1.82) is 0 Å². The molecule has 0 saturated heterocycles. The monoisotopic (exact) mass is 468 g/mol. The lowest BCUT2D eigenvalue weighted by atomic mass is 9.99. The maximum Gasteiger partial charge on any atom is 0.351 e. The van der Waals surface area contributed by atoms with Crippen LogP contribution in [0, 0.1) is 0 Å². The Kier molecular flexibility index (Phi) is 9.91. The average molecular weight is 469 g/mol. The first kappa shape index (κ1) is 25.8. The van der Waals surface area contributed by atoms with Gasteiger partial charge in [0, 0.05) is 0 Å². The normalized spacial score (nSPS) is 13.3. The summed E-state index contributed by atoms with van der Waals surface area (Å²) in [6.45, 7) is 5.43. The first-order chi connectivity index (χ1) is 14.7. The molecule has 0 spiro atoms. The Bertz CT molecular complexity index is 962. The third-order valence-corrected chi connectivity index (χ3v) is 9.68. The van der Waals surface area contributed by atoms with Gasteiger partial charge >= 0.3 is 7.60 Å². The molecule has 0 aliphatic heterocycles. The lowest BCUT2D eigenvalue weighted by Crippen LogP contribution is -2.23. The number of aryl methyl sites for hydroxylation is 2. The van der Waals surface area contributed by atoms with Crippen LogP contribution in [0.2, 0.25) is 0 Å². The van der Waals surface area contributed by atoms with E-state index in [2.05, 4.69) is 31.2 Å². The van der Waals surface area contributed by atoms with Gasteiger partial charge in [0.05, 0.1) is 13.2 Å². The molecule has 8 heteroatoms. The van der Waals surface area contributed by atoms with E-state index < -0.39 is 22.7 Å². The molecular formula is C23H33O6PS. The molecule has 0 saturated carbocycles. The lowest BCUT2D eigenvalue weighted by Gasteiger charge is -2.24. The largest absolute Gasteiger partial charge is 0.351 e. The molecule has 1 unspecified atom stereocenters. The summed E-state index contributed by atoms with van der Waals surface area (Å²) in [6.07, 6.45) is 3.14. The van der Waals surface area contributed by atoms with E-state index in [0.29, 0.717) is 12.8 Å². The van der Waals surface area contributed by atoms with Crippen molar-refractivity contribution < 1.29 is 26.6 Å². The summed E-state index contributed by atoms with van der Waals surface area (Å²) in [7, 11) is -8.55. The van der Waals surface area contributed by atoms with Gasteiger partial charge in [0.2, 0.25) is 0 Å². The van der Waals surface area contributed by atoms with Gasteiger partial charge in [0.15, 0.2) is 4.99 Å². The van der Waals surface area contributed by atoms with Crippen LogP contribution >= 0.6 is 7.60 Å². The van der Waals surface area contributed by atoms with Gasteiger partial charge in [-0.1, -0.05) is 61.9 Å². The van der Waals surface area contributed by atoms with E-state index in [0.717, 1.165) is 24.0 Å². The molecule has 2 aromatic carbocycles. The molecule has 0 aromatic heterocycles. The fourth-order valence-electron chi connectivity index (χ4n) is 3.57. The Hall–Kier alpha value is -1.50. The predicted octanol–water partition coefficient (Wildman–Crippen LogP) is 6.11. The van der Waals surface area contributed by atoms with E-state index in [-0.39, 0.29) is 19.6 Å². The second kappa shape index (κ2) is 11.9. The first-order valence-corrected chi connectivity index (χ1v) is 13.9. The van der Waals surface area contributed by atoms with Gasteiger partial charge in [-0.05, 0) is 61.8 Å². The summed E-state index contributed by atoms with van der Waals surface area (Å²) < 4.78 is 56.6. The second-order valence-corrected chi connectivity index (χ2v) is 11.6. The Balaban J connectivity index is 2.06. The summed E-state index contributed by atoms with van der Waals surface area (Å²) in [6, 6.07) is 16.6. The fourth-order valence-corrected chi connectivity index (χ4v) is 7.33. The highest BCUT2D eigenvalue weighted by molar-refractivity contribution is 7.94. The van der Waals surface area contributed by atoms with Crippen molar-refractivity contribution in [2.45, 2.75) is 57.9 Å². The van der Waals surface area contributed by atoms with Crippen LogP contribution in [0.1, 0.15) is 51.2 Å². The van der Waals surface area contributed by atoms with Crippen LogP contribution in [0.5, 0.6) is 0 Å². The Morgan fingerprint density at radius 2 is 1.55 bits per heavy atom. The van der Waals surface area contributed by atoms with Crippen molar-refractivity contribution in [1.82, 2.24) is 0 Å². The second-order valence-electron chi connectivity index (χ2n) is 7.38. The lowest BCUT2D eigenvalue weighted by molar-refractivity contribution is 0.215. The van der Waals surface area contributed by atoms with Gasteiger partial charge in [0.25, 0.3) is 10.1 Å². The molecule has 6 nitrogen and oxygen atoms in total. The molecule has 2 rings (SSSR count). The zero-order valence-electron chi connectivity index (χ0n) is 18.5. The number of hydrogen-bond donors (Lipinski definition) is 1. The van der Waals surface area contributed by atoms with E-state index >= 15 is 0 Å².